The minimum absolute atomic E-state index is 0.170. The Morgan fingerprint density at radius 2 is 2.22 bits per heavy atom. The van der Waals surface area contributed by atoms with Crippen LogP contribution in [-0.2, 0) is 5.41 Å². The molecule has 0 bridgehead atoms. The molecule has 3 heterocycles. The topological polar surface area (TPSA) is 33.4 Å². The molecule has 3 rings (SSSR count). The third-order valence-electron chi connectivity index (χ3n) is 4.09. The predicted octanol–water partition coefficient (Wildman–Crippen LogP) is 2.02. The van der Waals surface area contributed by atoms with Crippen LogP contribution in [0.15, 0.2) is 18.6 Å². The zero-order valence-corrected chi connectivity index (χ0v) is 11.3. The molecule has 0 aliphatic carbocycles. The number of likely N-dealkylation sites (N-methyl/N-ethyl adjacent to an activating group) is 1. The van der Waals surface area contributed by atoms with Crippen LogP contribution in [0.4, 0.5) is 0 Å². The van der Waals surface area contributed by atoms with E-state index in [1.807, 2.05) is 23.8 Å². The highest BCUT2D eigenvalue weighted by Crippen LogP contribution is 2.32. The summed E-state index contributed by atoms with van der Waals surface area (Å²) in [5.41, 5.74) is 2.52. The van der Waals surface area contributed by atoms with E-state index in [1.54, 1.807) is 0 Å². The summed E-state index contributed by atoms with van der Waals surface area (Å²) >= 11 is 0. The number of aryl methyl sites for hydroxylation is 1. The van der Waals surface area contributed by atoms with Crippen molar-refractivity contribution in [3.05, 3.63) is 30.1 Å². The Bertz CT molecular complexity index is 574. The maximum absolute atomic E-state index is 4.80. The largest absolute Gasteiger partial charge is 0.305 e. The molecule has 1 fully saturated rings. The molecule has 0 amide bonds. The molecular weight excluding hydrogens is 224 g/mol. The molecule has 0 saturated carbocycles. The van der Waals surface area contributed by atoms with Crippen molar-refractivity contribution in [2.75, 3.05) is 20.1 Å². The van der Waals surface area contributed by atoms with Gasteiger partial charge in [-0.1, -0.05) is 6.92 Å². The second-order valence-corrected chi connectivity index (χ2v) is 5.78. The summed E-state index contributed by atoms with van der Waals surface area (Å²) in [5, 5.41) is 0. The lowest BCUT2D eigenvalue weighted by molar-refractivity contribution is 0.185. The highest BCUT2D eigenvalue weighted by atomic mass is 15.1. The summed E-state index contributed by atoms with van der Waals surface area (Å²) in [7, 11) is 2.20. The van der Waals surface area contributed by atoms with Crippen LogP contribution in [0.2, 0.25) is 0 Å². The third kappa shape index (κ3) is 1.81. The van der Waals surface area contributed by atoms with E-state index in [1.165, 1.54) is 25.1 Å². The van der Waals surface area contributed by atoms with Gasteiger partial charge in [-0.05, 0) is 39.4 Å². The Kier molecular flexibility index (Phi) is 2.63. The van der Waals surface area contributed by atoms with Crippen LogP contribution in [0.5, 0.6) is 0 Å². The lowest BCUT2D eigenvalue weighted by Crippen LogP contribution is -2.42. The highest BCUT2D eigenvalue weighted by molar-refractivity contribution is 5.47. The van der Waals surface area contributed by atoms with E-state index >= 15 is 0 Å². The predicted molar refractivity (Wildman–Crippen MR) is 71.8 cm³/mol. The van der Waals surface area contributed by atoms with Gasteiger partial charge in [0.2, 0.25) is 0 Å². The first-order valence-electron chi connectivity index (χ1n) is 6.57. The van der Waals surface area contributed by atoms with E-state index in [0.29, 0.717) is 0 Å². The van der Waals surface area contributed by atoms with Crippen LogP contribution in [-0.4, -0.2) is 39.4 Å². The quantitative estimate of drug-likeness (QED) is 0.769. The second kappa shape index (κ2) is 4.05. The number of rotatable bonds is 1. The molecule has 1 unspecified atom stereocenters. The molecule has 0 spiro atoms. The third-order valence-corrected chi connectivity index (χ3v) is 4.09. The summed E-state index contributed by atoms with van der Waals surface area (Å²) in [6, 6.07) is 2.19. The Morgan fingerprint density at radius 1 is 1.39 bits per heavy atom. The SMILES string of the molecule is Cc1nc(C2(C)CCCN(C)C2)cc2cncn12. The maximum Gasteiger partial charge on any atom is 0.111 e. The molecule has 1 atom stereocenters. The number of hydrogen-bond donors (Lipinski definition) is 0. The lowest BCUT2D eigenvalue weighted by atomic mass is 9.79. The van der Waals surface area contributed by atoms with Crippen molar-refractivity contribution in [3.8, 4) is 0 Å². The number of nitrogens with zero attached hydrogens (tertiary/aromatic N) is 4. The zero-order chi connectivity index (χ0) is 12.8. The van der Waals surface area contributed by atoms with Crippen molar-refractivity contribution in [1.29, 1.82) is 0 Å². The first kappa shape index (κ1) is 11.7. The number of likely N-dealkylation sites (tertiary alicyclic amines) is 1. The van der Waals surface area contributed by atoms with Crippen molar-refractivity contribution in [2.45, 2.75) is 32.1 Å². The highest BCUT2D eigenvalue weighted by Gasteiger charge is 2.33. The van der Waals surface area contributed by atoms with Gasteiger partial charge in [0.15, 0.2) is 0 Å². The second-order valence-electron chi connectivity index (χ2n) is 5.78. The summed E-state index contributed by atoms with van der Waals surface area (Å²) in [6.45, 7) is 6.67. The van der Waals surface area contributed by atoms with E-state index in [4.69, 9.17) is 4.98 Å². The standard InChI is InChI=1S/C14H20N4/c1-11-16-13(7-12-8-15-10-18(11)12)14(2)5-4-6-17(3)9-14/h7-8,10H,4-6,9H2,1-3H3. The van der Waals surface area contributed by atoms with E-state index in [-0.39, 0.29) is 5.41 Å². The molecule has 2 aromatic rings. The molecule has 2 aromatic heterocycles. The van der Waals surface area contributed by atoms with Crippen molar-refractivity contribution < 1.29 is 0 Å². The van der Waals surface area contributed by atoms with E-state index in [0.717, 1.165) is 17.9 Å². The first-order chi connectivity index (χ1) is 8.58. The van der Waals surface area contributed by atoms with Gasteiger partial charge < -0.3 is 4.90 Å². The van der Waals surface area contributed by atoms with Crippen molar-refractivity contribution in [3.63, 3.8) is 0 Å². The Hall–Kier alpha value is -1.42. The van der Waals surface area contributed by atoms with Crippen molar-refractivity contribution >= 4 is 5.52 Å². The van der Waals surface area contributed by atoms with Gasteiger partial charge in [-0.2, -0.15) is 0 Å². The summed E-state index contributed by atoms with van der Waals surface area (Å²) in [5.74, 6) is 1.02. The minimum Gasteiger partial charge on any atom is -0.305 e. The summed E-state index contributed by atoms with van der Waals surface area (Å²) < 4.78 is 2.04. The molecular formula is C14H20N4. The molecule has 0 aromatic carbocycles. The Morgan fingerprint density at radius 3 is 3.00 bits per heavy atom. The van der Waals surface area contributed by atoms with Crippen molar-refractivity contribution in [1.82, 2.24) is 19.3 Å². The molecule has 0 radical (unpaired) electrons. The fourth-order valence-corrected chi connectivity index (χ4v) is 3.09. The van der Waals surface area contributed by atoms with Crippen molar-refractivity contribution in [2.24, 2.45) is 0 Å². The van der Waals surface area contributed by atoms with Gasteiger partial charge in [-0.3, -0.25) is 4.40 Å². The normalized spacial score (nSPS) is 25.7. The fourth-order valence-electron chi connectivity index (χ4n) is 3.09. The molecule has 4 heteroatoms. The summed E-state index contributed by atoms with van der Waals surface area (Å²) in [6.07, 6.45) is 6.21. The van der Waals surface area contributed by atoms with Gasteiger partial charge in [-0.25, -0.2) is 9.97 Å². The number of imidazole rings is 1. The number of aromatic nitrogens is 3. The van der Waals surface area contributed by atoms with Gasteiger partial charge in [0.05, 0.1) is 17.4 Å². The lowest BCUT2D eigenvalue weighted by Gasteiger charge is -2.38. The summed E-state index contributed by atoms with van der Waals surface area (Å²) in [4.78, 5) is 11.4. The molecule has 4 nitrogen and oxygen atoms in total. The average Bonchev–Trinajstić information content (AvgIpc) is 2.77. The zero-order valence-electron chi connectivity index (χ0n) is 11.3. The van der Waals surface area contributed by atoms with Gasteiger partial charge in [-0.15, -0.1) is 0 Å². The van der Waals surface area contributed by atoms with Gasteiger partial charge in [0.1, 0.15) is 12.2 Å². The smallest absolute Gasteiger partial charge is 0.111 e. The number of fused-ring (bicyclic) bond motifs is 1. The van der Waals surface area contributed by atoms with Crippen LogP contribution in [0.25, 0.3) is 5.52 Å². The van der Waals surface area contributed by atoms with Crippen LogP contribution >= 0.6 is 0 Å². The van der Waals surface area contributed by atoms with E-state index in [9.17, 15) is 0 Å². The fraction of sp³-hybridized carbons (Fsp3) is 0.571. The van der Waals surface area contributed by atoms with E-state index < -0.39 is 0 Å². The molecule has 96 valence electrons. The van der Waals surface area contributed by atoms with Crippen LogP contribution in [0.1, 0.15) is 31.3 Å². The Labute approximate surface area is 108 Å². The van der Waals surface area contributed by atoms with Gasteiger partial charge >= 0.3 is 0 Å². The van der Waals surface area contributed by atoms with E-state index in [2.05, 4.69) is 29.9 Å². The Balaban J connectivity index is 2.07. The number of piperidine rings is 1. The maximum atomic E-state index is 4.80. The van der Waals surface area contributed by atoms with Gasteiger partial charge in [0.25, 0.3) is 0 Å². The molecule has 0 N–H and O–H groups in total. The monoisotopic (exact) mass is 244 g/mol. The molecule has 1 aliphatic rings. The molecule has 18 heavy (non-hydrogen) atoms. The number of hydrogen-bond acceptors (Lipinski definition) is 3. The minimum atomic E-state index is 0.170. The van der Waals surface area contributed by atoms with Crippen LogP contribution in [0.3, 0.4) is 0 Å². The molecule has 1 aliphatic heterocycles. The average molecular weight is 244 g/mol. The molecule has 1 saturated heterocycles. The first-order valence-corrected chi connectivity index (χ1v) is 6.57. The van der Waals surface area contributed by atoms with Gasteiger partial charge in [0, 0.05) is 12.0 Å². The van der Waals surface area contributed by atoms with Crippen LogP contribution < -0.4 is 0 Å². The van der Waals surface area contributed by atoms with Crippen LogP contribution in [0, 0.1) is 6.92 Å².